The molecule has 2 aliphatic heterocycles. The normalized spacial score (nSPS) is 16.4. The summed E-state index contributed by atoms with van der Waals surface area (Å²) >= 11 is 1.28. The van der Waals surface area contributed by atoms with Crippen LogP contribution in [0.3, 0.4) is 0 Å². The third-order valence-electron chi connectivity index (χ3n) is 5.71. The van der Waals surface area contributed by atoms with E-state index >= 15 is 0 Å². The smallest absolute Gasteiger partial charge is 0.303 e. The molecule has 0 unspecified atom stereocenters. The van der Waals surface area contributed by atoms with Gasteiger partial charge in [0.2, 0.25) is 11.9 Å². The third kappa shape index (κ3) is 4.39. The third-order valence-corrected chi connectivity index (χ3v) is 6.60. The first-order valence-corrected chi connectivity index (χ1v) is 11.6. The maximum absolute atomic E-state index is 11.4. The van der Waals surface area contributed by atoms with Crippen LogP contribution in [0.4, 0.5) is 10.8 Å². The quantitative estimate of drug-likeness (QED) is 0.295. The van der Waals surface area contributed by atoms with Crippen molar-refractivity contribution in [1.82, 2.24) is 10.2 Å². The van der Waals surface area contributed by atoms with Gasteiger partial charge in [-0.15, -0.1) is 10.2 Å². The molecule has 0 saturated carbocycles. The van der Waals surface area contributed by atoms with Crippen molar-refractivity contribution in [2.24, 2.45) is 5.10 Å². The van der Waals surface area contributed by atoms with E-state index in [1.54, 1.807) is 24.1 Å². The Kier molecular flexibility index (Phi) is 5.81. The topological polar surface area (TPSA) is 129 Å². The highest BCUT2D eigenvalue weighted by molar-refractivity contribution is 7.15. The highest BCUT2D eigenvalue weighted by atomic mass is 32.1. The second-order valence-corrected chi connectivity index (χ2v) is 9.27. The van der Waals surface area contributed by atoms with E-state index in [-0.39, 0.29) is 25.1 Å². The van der Waals surface area contributed by atoms with Crippen molar-refractivity contribution in [3.05, 3.63) is 67.7 Å². The Bertz CT molecular complexity index is 1370. The molecule has 0 spiro atoms. The van der Waals surface area contributed by atoms with Crippen molar-refractivity contribution in [3.8, 4) is 11.5 Å². The van der Waals surface area contributed by atoms with Crippen molar-refractivity contribution < 1.29 is 23.9 Å². The predicted molar refractivity (Wildman–Crippen MR) is 127 cm³/mol. The average molecular weight is 496 g/mol. The van der Waals surface area contributed by atoms with Crippen LogP contribution < -0.4 is 14.5 Å². The van der Waals surface area contributed by atoms with E-state index in [0.29, 0.717) is 39.3 Å². The molecule has 35 heavy (non-hydrogen) atoms. The molecule has 0 bridgehead atoms. The summed E-state index contributed by atoms with van der Waals surface area (Å²) in [5, 5.41) is 27.6. The lowest BCUT2D eigenvalue weighted by Gasteiger charge is -2.21. The van der Waals surface area contributed by atoms with Gasteiger partial charge in [-0.3, -0.25) is 14.9 Å². The zero-order chi connectivity index (χ0) is 24.7. The molecule has 11 nitrogen and oxygen atoms in total. The number of aryl methyl sites for hydroxylation is 1. The van der Waals surface area contributed by atoms with Crippen molar-refractivity contribution in [2.45, 2.75) is 39.8 Å². The van der Waals surface area contributed by atoms with Crippen LogP contribution in [0.25, 0.3) is 0 Å². The number of anilines is 1. The molecule has 1 aromatic heterocycles. The van der Waals surface area contributed by atoms with E-state index in [0.717, 1.165) is 16.7 Å². The summed E-state index contributed by atoms with van der Waals surface area (Å²) in [4.78, 5) is 22.1. The summed E-state index contributed by atoms with van der Waals surface area (Å²) in [6, 6.07) is 8.69. The Morgan fingerprint density at radius 1 is 1.26 bits per heavy atom. The number of nitro groups is 1. The molecule has 3 heterocycles. The first-order valence-electron chi connectivity index (χ1n) is 10.8. The van der Waals surface area contributed by atoms with Crippen LogP contribution in [0.1, 0.15) is 41.1 Å². The Balaban J connectivity index is 1.62. The molecule has 0 aliphatic carbocycles. The Morgan fingerprint density at radius 3 is 2.74 bits per heavy atom. The van der Waals surface area contributed by atoms with Crippen molar-refractivity contribution >= 4 is 33.8 Å². The number of rotatable bonds is 5. The first kappa shape index (κ1) is 22.7. The number of nitro benzene ring substituents is 1. The number of carbonyl (C=O) groups is 1. The van der Waals surface area contributed by atoms with Gasteiger partial charge in [0.25, 0.3) is 5.69 Å². The van der Waals surface area contributed by atoms with Crippen LogP contribution in [0.2, 0.25) is 0 Å². The molecule has 180 valence electrons. The van der Waals surface area contributed by atoms with Crippen molar-refractivity contribution in [1.29, 1.82) is 0 Å². The number of hydrazone groups is 1. The number of esters is 1. The molecular weight excluding hydrogens is 474 g/mol. The number of carbonyl (C=O) groups excluding carboxylic acids is 1. The van der Waals surface area contributed by atoms with Crippen LogP contribution in [0, 0.1) is 17.0 Å². The average Bonchev–Trinajstić information content (AvgIpc) is 3.44. The summed E-state index contributed by atoms with van der Waals surface area (Å²) in [5.74, 6) is 0.894. The molecule has 0 amide bonds. The van der Waals surface area contributed by atoms with Gasteiger partial charge in [0, 0.05) is 29.7 Å². The molecule has 5 rings (SSSR count). The highest BCUT2D eigenvalue weighted by Crippen LogP contribution is 2.39. The summed E-state index contributed by atoms with van der Waals surface area (Å²) in [6.07, 6.45) is 0.629. The number of fused-ring (bicyclic) bond motifs is 2. The molecule has 1 atom stereocenters. The lowest BCUT2D eigenvalue weighted by Crippen LogP contribution is -2.29. The molecule has 2 aromatic carbocycles. The van der Waals surface area contributed by atoms with Crippen LogP contribution >= 0.6 is 11.3 Å². The predicted octanol–water partition coefficient (Wildman–Crippen LogP) is 3.75. The van der Waals surface area contributed by atoms with Gasteiger partial charge in [-0.1, -0.05) is 11.3 Å². The van der Waals surface area contributed by atoms with E-state index < -0.39 is 10.9 Å². The summed E-state index contributed by atoms with van der Waals surface area (Å²) < 4.78 is 16.2. The summed E-state index contributed by atoms with van der Waals surface area (Å²) in [7, 11) is 0. The zero-order valence-electron chi connectivity index (χ0n) is 19.2. The number of hydrogen-bond acceptors (Lipinski definition) is 11. The number of benzene rings is 2. The van der Waals surface area contributed by atoms with E-state index in [9.17, 15) is 14.9 Å². The molecule has 3 aromatic rings. The molecule has 12 heteroatoms. The Morgan fingerprint density at radius 2 is 2.03 bits per heavy atom. The van der Waals surface area contributed by atoms with Crippen molar-refractivity contribution in [2.75, 3.05) is 11.8 Å². The van der Waals surface area contributed by atoms with Gasteiger partial charge >= 0.3 is 5.97 Å². The maximum atomic E-state index is 11.4. The van der Waals surface area contributed by atoms with Gasteiger partial charge in [0.1, 0.15) is 6.61 Å². The van der Waals surface area contributed by atoms with Gasteiger partial charge < -0.3 is 14.2 Å². The molecule has 0 N–H and O–H groups in total. The van der Waals surface area contributed by atoms with Gasteiger partial charge in [0.05, 0.1) is 16.7 Å². The number of aromatic nitrogens is 2. The number of hydrogen-bond donors (Lipinski definition) is 0. The minimum absolute atomic E-state index is 0.0367. The molecule has 0 radical (unpaired) electrons. The lowest BCUT2D eigenvalue weighted by atomic mass is 9.93. The fourth-order valence-electron chi connectivity index (χ4n) is 4.05. The molecular formula is C23H21N5O6S. The van der Waals surface area contributed by atoms with Crippen LogP contribution in [0.15, 0.2) is 35.4 Å². The van der Waals surface area contributed by atoms with Gasteiger partial charge in [-0.25, -0.2) is 5.01 Å². The van der Waals surface area contributed by atoms with Crippen LogP contribution in [0.5, 0.6) is 11.5 Å². The molecule has 0 saturated heterocycles. The first-order chi connectivity index (χ1) is 16.8. The van der Waals surface area contributed by atoms with Crippen LogP contribution in [-0.2, 0) is 22.6 Å². The minimum Gasteiger partial charge on any atom is -0.458 e. The van der Waals surface area contributed by atoms with Crippen molar-refractivity contribution in [3.63, 3.8) is 0 Å². The number of ether oxygens (including phenoxy) is 3. The fraction of sp³-hybridized carbons (Fsp3) is 0.304. The second kappa shape index (κ2) is 8.95. The minimum atomic E-state index is -0.402. The van der Waals surface area contributed by atoms with E-state index in [2.05, 4.69) is 10.2 Å². The lowest BCUT2D eigenvalue weighted by molar-refractivity contribution is -0.385. The SMILES string of the molecule is CC(=O)OCc1nnc(N2N=C(c3ccc([N+](=O)[O-])c(C)c3)c3cc4c(cc3C[C@H]2C)OCO4)s1. The molecule has 2 aliphatic rings. The Hall–Kier alpha value is -4.06. The highest BCUT2D eigenvalue weighted by Gasteiger charge is 2.29. The molecule has 0 fully saturated rings. The van der Waals surface area contributed by atoms with E-state index in [1.807, 2.05) is 19.1 Å². The van der Waals surface area contributed by atoms with E-state index in [1.165, 1.54) is 24.3 Å². The zero-order valence-corrected chi connectivity index (χ0v) is 20.0. The van der Waals surface area contributed by atoms with E-state index in [4.69, 9.17) is 19.3 Å². The van der Waals surface area contributed by atoms with Gasteiger partial charge in [0.15, 0.2) is 16.5 Å². The fourth-order valence-corrected chi connectivity index (χ4v) is 4.86. The maximum Gasteiger partial charge on any atom is 0.303 e. The Labute approximate surface area is 204 Å². The monoisotopic (exact) mass is 495 g/mol. The largest absolute Gasteiger partial charge is 0.458 e. The van der Waals surface area contributed by atoms with Gasteiger partial charge in [-0.05, 0) is 50.1 Å². The number of nitrogens with zero attached hydrogens (tertiary/aromatic N) is 5. The second-order valence-electron chi connectivity index (χ2n) is 8.23. The van der Waals surface area contributed by atoms with Gasteiger partial charge in [-0.2, -0.15) is 5.10 Å². The standard InChI is InChI=1S/C23H21N5O6S/c1-12-6-15(4-5-18(12)28(30)31)22-17-9-20-19(33-11-34-20)8-16(17)7-13(2)27(26-22)23-25-24-21(35-23)10-32-14(3)29/h4-6,8-9,13H,7,10-11H2,1-3H3/t13-/m1/s1. The summed E-state index contributed by atoms with van der Waals surface area (Å²) in [6.45, 7) is 5.25. The summed E-state index contributed by atoms with van der Waals surface area (Å²) in [5.41, 5.74) is 3.76. The van der Waals surface area contributed by atoms with Crippen LogP contribution in [-0.4, -0.2) is 39.6 Å².